The van der Waals surface area contributed by atoms with Crippen molar-refractivity contribution in [3.05, 3.63) is 88.3 Å². The molecule has 0 saturated heterocycles. The molecule has 1 unspecified atom stereocenters. The Morgan fingerprint density at radius 3 is 2.62 bits per heavy atom. The van der Waals surface area contributed by atoms with Gasteiger partial charge in [-0.15, -0.1) is 0 Å². The van der Waals surface area contributed by atoms with Gasteiger partial charge in [-0.05, 0) is 53.5 Å². The van der Waals surface area contributed by atoms with Gasteiger partial charge in [-0.25, -0.2) is 8.78 Å². The number of halogens is 2. The van der Waals surface area contributed by atoms with Crippen LogP contribution in [0, 0.1) is 11.6 Å². The van der Waals surface area contributed by atoms with Crippen LogP contribution in [0.25, 0.3) is 0 Å². The lowest BCUT2D eigenvalue weighted by molar-refractivity contribution is 0.122. The second-order valence-corrected chi connectivity index (χ2v) is 10.5. The summed E-state index contributed by atoms with van der Waals surface area (Å²) >= 11 is 0. The van der Waals surface area contributed by atoms with E-state index in [1.54, 1.807) is 6.20 Å². The fourth-order valence-corrected chi connectivity index (χ4v) is 4.75. The molecule has 1 aromatic heterocycles. The van der Waals surface area contributed by atoms with Crippen LogP contribution < -0.4 is 11.1 Å². The maximum absolute atomic E-state index is 13.6. The van der Waals surface area contributed by atoms with Crippen molar-refractivity contribution in [1.29, 1.82) is 0 Å². The van der Waals surface area contributed by atoms with Gasteiger partial charge in [-0.2, -0.15) is 0 Å². The molecule has 0 fully saturated rings. The van der Waals surface area contributed by atoms with Crippen molar-refractivity contribution < 1.29 is 18.4 Å². The van der Waals surface area contributed by atoms with Crippen LogP contribution in [0.15, 0.2) is 53.2 Å². The van der Waals surface area contributed by atoms with Gasteiger partial charge in [-0.1, -0.05) is 50.2 Å². The number of aliphatic hydroxyl groups excluding tert-OH is 1. The molecule has 5 nitrogen and oxygen atoms in total. The fourth-order valence-electron chi connectivity index (χ4n) is 4.75. The van der Waals surface area contributed by atoms with E-state index in [4.69, 9.17) is 10.3 Å². The third-order valence-electron chi connectivity index (χ3n) is 6.82. The number of hydrogen-bond acceptors (Lipinski definition) is 5. The Hall–Kier alpha value is -2.61. The molecule has 7 heteroatoms. The van der Waals surface area contributed by atoms with Gasteiger partial charge in [0, 0.05) is 36.2 Å². The zero-order valence-electron chi connectivity index (χ0n) is 19.9. The van der Waals surface area contributed by atoms with Gasteiger partial charge in [0.1, 0.15) is 17.4 Å². The Kier molecular flexibility index (Phi) is 6.90. The van der Waals surface area contributed by atoms with Gasteiger partial charge in [0.25, 0.3) is 0 Å². The van der Waals surface area contributed by atoms with E-state index < -0.39 is 29.3 Å². The molecule has 182 valence electrons. The Bertz CT molecular complexity index is 1120. The van der Waals surface area contributed by atoms with Gasteiger partial charge in [0.15, 0.2) is 0 Å². The zero-order valence-corrected chi connectivity index (χ0v) is 19.9. The second-order valence-electron chi connectivity index (χ2n) is 10.5. The van der Waals surface area contributed by atoms with Crippen LogP contribution in [0.2, 0.25) is 0 Å². The first-order valence-corrected chi connectivity index (χ1v) is 11.7. The highest BCUT2D eigenvalue weighted by molar-refractivity contribution is 5.37. The number of aromatic nitrogens is 1. The highest BCUT2D eigenvalue weighted by Crippen LogP contribution is 2.38. The number of aliphatic hydroxyl groups is 1. The van der Waals surface area contributed by atoms with E-state index in [0.29, 0.717) is 12.0 Å². The first kappa shape index (κ1) is 24.5. The number of aryl methyl sites for hydroxylation is 1. The Morgan fingerprint density at radius 1 is 1.18 bits per heavy atom. The number of nitrogens with two attached hydrogens (primary N) is 1. The molecule has 0 spiro atoms. The summed E-state index contributed by atoms with van der Waals surface area (Å²) in [6, 6.07) is 11.2. The molecule has 1 aliphatic rings. The average Bonchev–Trinajstić information content (AvgIpc) is 3.24. The van der Waals surface area contributed by atoms with E-state index in [0.717, 1.165) is 35.8 Å². The van der Waals surface area contributed by atoms with Crippen LogP contribution in [0.1, 0.15) is 55.2 Å². The summed E-state index contributed by atoms with van der Waals surface area (Å²) in [5.41, 5.74) is 9.64. The van der Waals surface area contributed by atoms with Crippen molar-refractivity contribution in [2.24, 2.45) is 5.73 Å². The van der Waals surface area contributed by atoms with Crippen molar-refractivity contribution in [3.63, 3.8) is 0 Å². The molecule has 0 amide bonds. The lowest BCUT2D eigenvalue weighted by atomic mass is 9.74. The minimum absolute atomic E-state index is 0.00365. The van der Waals surface area contributed by atoms with E-state index in [2.05, 4.69) is 55.5 Å². The van der Waals surface area contributed by atoms with Gasteiger partial charge >= 0.3 is 0 Å². The van der Waals surface area contributed by atoms with Crippen molar-refractivity contribution in [1.82, 2.24) is 10.5 Å². The molecule has 3 atom stereocenters. The highest BCUT2D eigenvalue weighted by Gasteiger charge is 2.38. The van der Waals surface area contributed by atoms with Gasteiger partial charge in [0.2, 0.25) is 0 Å². The molecule has 0 saturated carbocycles. The van der Waals surface area contributed by atoms with E-state index >= 15 is 0 Å². The van der Waals surface area contributed by atoms with Crippen molar-refractivity contribution in [2.75, 3.05) is 6.54 Å². The molecule has 1 aliphatic carbocycles. The summed E-state index contributed by atoms with van der Waals surface area (Å²) in [5, 5.41) is 18.4. The number of nitrogens with one attached hydrogen (secondary N) is 1. The lowest BCUT2D eigenvalue weighted by Gasteiger charge is -2.40. The maximum Gasteiger partial charge on any atom is 0.140 e. The molecule has 0 bridgehead atoms. The zero-order chi connectivity index (χ0) is 24.5. The number of nitrogens with zero attached hydrogens (tertiary/aromatic N) is 1. The fraction of sp³-hybridized carbons (Fsp3) is 0.444. The molecule has 3 aromatic rings. The molecular weight excluding hydrogens is 436 g/mol. The van der Waals surface area contributed by atoms with Gasteiger partial charge in [0.05, 0.1) is 12.3 Å². The summed E-state index contributed by atoms with van der Waals surface area (Å²) in [7, 11) is 0. The Balaban J connectivity index is 1.55. The normalized spacial score (nSPS) is 20.1. The van der Waals surface area contributed by atoms with E-state index in [-0.39, 0.29) is 18.4 Å². The van der Waals surface area contributed by atoms with Crippen molar-refractivity contribution in [2.45, 2.75) is 69.6 Å². The minimum atomic E-state index is -0.905. The highest BCUT2D eigenvalue weighted by atomic mass is 19.1. The van der Waals surface area contributed by atoms with E-state index in [1.807, 2.05) is 0 Å². The third kappa shape index (κ3) is 5.37. The smallest absolute Gasteiger partial charge is 0.140 e. The number of rotatable bonds is 7. The molecule has 1 heterocycles. The molecule has 0 aliphatic heterocycles. The predicted octanol–water partition coefficient (Wildman–Crippen LogP) is 4.16. The Labute approximate surface area is 199 Å². The molecule has 34 heavy (non-hydrogen) atoms. The summed E-state index contributed by atoms with van der Waals surface area (Å²) in [6.07, 6.45) is 3.21. The third-order valence-corrected chi connectivity index (χ3v) is 6.82. The van der Waals surface area contributed by atoms with Crippen LogP contribution in [0.5, 0.6) is 0 Å². The molecule has 4 rings (SSSR count). The van der Waals surface area contributed by atoms with Crippen LogP contribution in [-0.4, -0.2) is 29.0 Å². The summed E-state index contributed by atoms with van der Waals surface area (Å²) in [6.45, 7) is 6.79. The SMILES string of the molecule is CC(C)(C)c1cccc(C2(NC[C@@H](O)[C@@H](N)Cc3cc(F)cc(F)c3)CCc3oncc3C2)c1. The first-order valence-electron chi connectivity index (χ1n) is 11.7. The first-order chi connectivity index (χ1) is 16.1. The van der Waals surface area contributed by atoms with Crippen LogP contribution in [0.3, 0.4) is 0 Å². The van der Waals surface area contributed by atoms with Gasteiger partial charge < -0.3 is 20.7 Å². The lowest BCUT2D eigenvalue weighted by Crippen LogP contribution is -2.52. The quantitative estimate of drug-likeness (QED) is 0.484. The standard InChI is InChI=1S/C27H33F2N3O2/c1-26(2,3)19-5-4-6-20(12-19)27(8-7-25-18(14-27)15-32-34-25)31-16-24(33)23(30)11-17-9-21(28)13-22(29)10-17/h4-6,9-10,12-13,15,23-24,31,33H,7-8,11,14,16,30H2,1-3H3/t23-,24+,27?/m0/s1. The predicted molar refractivity (Wildman–Crippen MR) is 127 cm³/mol. The summed E-state index contributed by atoms with van der Waals surface area (Å²) in [5.74, 6) is -0.409. The molecule has 2 aromatic carbocycles. The molecule has 4 N–H and O–H groups in total. The Morgan fingerprint density at radius 2 is 1.91 bits per heavy atom. The van der Waals surface area contributed by atoms with Crippen molar-refractivity contribution in [3.8, 4) is 0 Å². The largest absolute Gasteiger partial charge is 0.390 e. The van der Waals surface area contributed by atoms with Crippen LogP contribution in [0.4, 0.5) is 8.78 Å². The minimum Gasteiger partial charge on any atom is -0.390 e. The molecular formula is C27H33F2N3O2. The van der Waals surface area contributed by atoms with E-state index in [9.17, 15) is 13.9 Å². The van der Waals surface area contributed by atoms with Crippen molar-refractivity contribution >= 4 is 0 Å². The molecule has 0 radical (unpaired) electrons. The average molecular weight is 470 g/mol. The van der Waals surface area contributed by atoms with E-state index in [1.165, 1.54) is 17.7 Å². The summed E-state index contributed by atoms with van der Waals surface area (Å²) < 4.78 is 32.5. The summed E-state index contributed by atoms with van der Waals surface area (Å²) in [4.78, 5) is 0. The number of hydrogen-bond donors (Lipinski definition) is 3. The van der Waals surface area contributed by atoms with Crippen LogP contribution >= 0.6 is 0 Å². The second kappa shape index (κ2) is 9.56. The number of fused-ring (bicyclic) bond motifs is 1. The van der Waals surface area contributed by atoms with Gasteiger partial charge in [-0.3, -0.25) is 0 Å². The van der Waals surface area contributed by atoms with Crippen LogP contribution in [-0.2, 0) is 30.2 Å². The maximum atomic E-state index is 13.6. The monoisotopic (exact) mass is 469 g/mol. The topological polar surface area (TPSA) is 84.3 Å². The number of benzene rings is 2.